The largest absolute Gasteiger partial charge is 0.352 e. The molecule has 3 heterocycles. The van der Waals surface area contributed by atoms with Crippen LogP contribution in [0.2, 0.25) is 0 Å². The van der Waals surface area contributed by atoms with Crippen LogP contribution < -0.4 is 5.32 Å². The van der Waals surface area contributed by atoms with Crippen LogP contribution in [0.5, 0.6) is 0 Å². The number of pyridine rings is 1. The quantitative estimate of drug-likeness (QED) is 0.891. The second-order valence-electron chi connectivity index (χ2n) is 6.22. The zero-order valence-corrected chi connectivity index (χ0v) is 14.5. The van der Waals surface area contributed by atoms with Gasteiger partial charge in [-0.25, -0.2) is 18.1 Å². The van der Waals surface area contributed by atoms with Crippen molar-refractivity contribution in [2.24, 2.45) is 5.92 Å². The van der Waals surface area contributed by atoms with Gasteiger partial charge in [-0.1, -0.05) is 0 Å². The third kappa shape index (κ3) is 3.64. The van der Waals surface area contributed by atoms with Crippen molar-refractivity contribution in [3.8, 4) is 5.82 Å². The van der Waals surface area contributed by atoms with Gasteiger partial charge in [-0.15, -0.1) is 0 Å². The normalized spacial score (nSPS) is 19.3. The molecule has 0 unspecified atom stereocenters. The molecule has 1 atom stereocenters. The van der Waals surface area contributed by atoms with Gasteiger partial charge in [0.2, 0.25) is 0 Å². The molecule has 0 aromatic carbocycles. The minimum absolute atomic E-state index is 0.000816. The van der Waals surface area contributed by atoms with E-state index in [1.54, 1.807) is 16.8 Å². The highest BCUT2D eigenvalue weighted by molar-refractivity contribution is 7.91. The molecule has 0 saturated carbocycles. The summed E-state index contributed by atoms with van der Waals surface area (Å²) in [6, 6.07) is 5.39. The first-order valence-electron chi connectivity index (χ1n) is 7.82. The Bertz CT molecular complexity index is 856. The number of sulfone groups is 1. The van der Waals surface area contributed by atoms with Crippen LogP contribution in [0.1, 0.15) is 28.2 Å². The zero-order chi connectivity index (χ0) is 17.3. The maximum absolute atomic E-state index is 12.2. The highest BCUT2D eigenvalue weighted by atomic mass is 32.2. The summed E-state index contributed by atoms with van der Waals surface area (Å²) in [5, 5.41) is 7.14. The van der Waals surface area contributed by atoms with Gasteiger partial charge in [0.1, 0.15) is 0 Å². The molecule has 1 N–H and O–H groups in total. The van der Waals surface area contributed by atoms with Crippen LogP contribution in [-0.2, 0) is 9.84 Å². The van der Waals surface area contributed by atoms with Crippen molar-refractivity contribution in [3.63, 3.8) is 0 Å². The van der Waals surface area contributed by atoms with Gasteiger partial charge in [-0.2, -0.15) is 5.10 Å². The van der Waals surface area contributed by atoms with Gasteiger partial charge in [0.05, 0.1) is 22.8 Å². The van der Waals surface area contributed by atoms with Crippen LogP contribution in [0.25, 0.3) is 5.82 Å². The third-order valence-electron chi connectivity index (χ3n) is 4.11. The highest BCUT2D eigenvalue weighted by Gasteiger charge is 2.28. The standard InChI is InChI=1S/C16H20N4O3S/c1-11-7-12(2)20(19-11)15-4-3-14(9-17-15)16(21)18-8-13-5-6-24(22,23)10-13/h3-4,7,9,13H,5-6,8,10H2,1-2H3,(H,18,21)/t13-/m1/s1. The number of aromatic nitrogens is 3. The van der Waals surface area contributed by atoms with E-state index in [4.69, 9.17) is 0 Å². The molecule has 1 aliphatic heterocycles. The average Bonchev–Trinajstić information content (AvgIpc) is 3.06. The van der Waals surface area contributed by atoms with E-state index in [1.807, 2.05) is 19.9 Å². The summed E-state index contributed by atoms with van der Waals surface area (Å²) in [6.45, 7) is 4.23. The lowest BCUT2D eigenvalue weighted by Crippen LogP contribution is -2.29. The SMILES string of the molecule is Cc1cc(C)n(-c2ccc(C(=O)NC[C@H]3CCS(=O)(=O)C3)cn2)n1. The summed E-state index contributed by atoms with van der Waals surface area (Å²) in [5.41, 5.74) is 2.32. The predicted octanol–water partition coefficient (Wildman–Crippen LogP) is 1.05. The molecular formula is C16H20N4O3S. The lowest BCUT2D eigenvalue weighted by atomic mass is 10.1. The molecule has 3 rings (SSSR count). The van der Waals surface area contributed by atoms with Gasteiger partial charge in [0.25, 0.3) is 5.91 Å². The van der Waals surface area contributed by atoms with E-state index in [2.05, 4.69) is 15.4 Å². The summed E-state index contributed by atoms with van der Waals surface area (Å²) in [5.74, 6) is 0.779. The molecular weight excluding hydrogens is 328 g/mol. The number of hydrogen-bond acceptors (Lipinski definition) is 5. The maximum Gasteiger partial charge on any atom is 0.252 e. The smallest absolute Gasteiger partial charge is 0.252 e. The second kappa shape index (κ2) is 6.35. The Morgan fingerprint density at radius 2 is 2.17 bits per heavy atom. The Balaban J connectivity index is 1.63. The van der Waals surface area contributed by atoms with Gasteiger partial charge >= 0.3 is 0 Å². The van der Waals surface area contributed by atoms with Crippen molar-refractivity contribution in [2.45, 2.75) is 20.3 Å². The Morgan fingerprint density at radius 3 is 2.71 bits per heavy atom. The molecule has 128 valence electrons. The first kappa shape index (κ1) is 16.6. The number of carbonyl (C=O) groups is 1. The number of amides is 1. The Labute approximate surface area is 141 Å². The summed E-state index contributed by atoms with van der Waals surface area (Å²) < 4.78 is 24.6. The van der Waals surface area contributed by atoms with Crippen LogP contribution in [0.3, 0.4) is 0 Å². The molecule has 2 aromatic heterocycles. The van der Waals surface area contributed by atoms with E-state index in [1.165, 1.54) is 6.20 Å². The van der Waals surface area contributed by atoms with Crippen LogP contribution in [-0.4, -0.2) is 47.1 Å². The number of rotatable bonds is 4. The van der Waals surface area contributed by atoms with Gasteiger partial charge in [0, 0.05) is 18.4 Å². The molecule has 7 nitrogen and oxygen atoms in total. The molecule has 0 spiro atoms. The molecule has 0 radical (unpaired) electrons. The molecule has 1 saturated heterocycles. The Kier molecular flexibility index (Phi) is 4.40. The van der Waals surface area contributed by atoms with E-state index in [9.17, 15) is 13.2 Å². The summed E-state index contributed by atoms with van der Waals surface area (Å²) in [6.07, 6.45) is 2.12. The number of nitrogens with one attached hydrogen (secondary N) is 1. The number of aryl methyl sites for hydroxylation is 2. The molecule has 8 heteroatoms. The zero-order valence-electron chi connectivity index (χ0n) is 13.7. The van der Waals surface area contributed by atoms with Crippen LogP contribution in [0.15, 0.2) is 24.4 Å². The minimum Gasteiger partial charge on any atom is -0.352 e. The minimum atomic E-state index is -2.92. The number of carbonyl (C=O) groups excluding carboxylic acids is 1. The fraction of sp³-hybridized carbons (Fsp3) is 0.438. The molecule has 0 aliphatic carbocycles. The van der Waals surface area contributed by atoms with E-state index >= 15 is 0 Å². The van der Waals surface area contributed by atoms with Gasteiger partial charge in [0.15, 0.2) is 15.7 Å². The highest BCUT2D eigenvalue weighted by Crippen LogP contribution is 2.17. The number of nitrogens with zero attached hydrogens (tertiary/aromatic N) is 3. The van der Waals surface area contributed by atoms with Gasteiger partial charge < -0.3 is 5.32 Å². The van der Waals surface area contributed by atoms with Crippen LogP contribution in [0.4, 0.5) is 0 Å². The molecule has 1 aliphatic rings. The van der Waals surface area contributed by atoms with E-state index in [0.29, 0.717) is 24.3 Å². The van der Waals surface area contributed by atoms with Crippen molar-refractivity contribution >= 4 is 15.7 Å². The molecule has 1 amide bonds. The first-order valence-corrected chi connectivity index (χ1v) is 9.64. The summed E-state index contributed by atoms with van der Waals surface area (Å²) >= 11 is 0. The lowest BCUT2D eigenvalue weighted by Gasteiger charge is -2.10. The Morgan fingerprint density at radius 1 is 1.38 bits per heavy atom. The molecule has 24 heavy (non-hydrogen) atoms. The maximum atomic E-state index is 12.2. The average molecular weight is 348 g/mol. The summed E-state index contributed by atoms with van der Waals surface area (Å²) in [7, 11) is -2.92. The van der Waals surface area contributed by atoms with Crippen molar-refractivity contribution in [1.82, 2.24) is 20.1 Å². The van der Waals surface area contributed by atoms with E-state index in [-0.39, 0.29) is 23.3 Å². The van der Waals surface area contributed by atoms with Crippen molar-refractivity contribution < 1.29 is 13.2 Å². The van der Waals surface area contributed by atoms with Gasteiger partial charge in [-0.05, 0) is 44.4 Å². The fourth-order valence-corrected chi connectivity index (χ4v) is 4.74. The van der Waals surface area contributed by atoms with Crippen molar-refractivity contribution in [2.75, 3.05) is 18.1 Å². The van der Waals surface area contributed by atoms with Gasteiger partial charge in [-0.3, -0.25) is 4.79 Å². The molecule has 2 aromatic rings. The fourth-order valence-electron chi connectivity index (χ4n) is 2.88. The van der Waals surface area contributed by atoms with Crippen LogP contribution >= 0.6 is 0 Å². The lowest BCUT2D eigenvalue weighted by molar-refractivity contribution is 0.0948. The van der Waals surface area contributed by atoms with Crippen LogP contribution in [0, 0.1) is 19.8 Å². The first-order chi connectivity index (χ1) is 11.3. The summed E-state index contributed by atoms with van der Waals surface area (Å²) in [4.78, 5) is 16.4. The third-order valence-corrected chi connectivity index (χ3v) is 5.95. The van der Waals surface area contributed by atoms with Crippen molar-refractivity contribution in [1.29, 1.82) is 0 Å². The Hall–Kier alpha value is -2.22. The second-order valence-corrected chi connectivity index (χ2v) is 8.45. The topological polar surface area (TPSA) is 94.0 Å². The van der Waals surface area contributed by atoms with E-state index in [0.717, 1.165) is 11.4 Å². The van der Waals surface area contributed by atoms with E-state index < -0.39 is 9.84 Å². The molecule has 1 fully saturated rings. The van der Waals surface area contributed by atoms with Crippen molar-refractivity contribution in [3.05, 3.63) is 41.3 Å². The predicted molar refractivity (Wildman–Crippen MR) is 89.9 cm³/mol. The molecule has 0 bridgehead atoms. The monoisotopic (exact) mass is 348 g/mol. The number of hydrogen-bond donors (Lipinski definition) is 1.